The molecule has 3 aromatic rings. The number of aromatic amines is 1. The Bertz CT molecular complexity index is 1080. The third-order valence-electron chi connectivity index (χ3n) is 5.09. The Labute approximate surface area is 176 Å². The normalized spacial score (nSPS) is 15.7. The van der Waals surface area contributed by atoms with Crippen molar-refractivity contribution >= 4 is 17.2 Å². The number of amides is 1. The van der Waals surface area contributed by atoms with Gasteiger partial charge in [0, 0.05) is 36.7 Å². The first-order valence-corrected chi connectivity index (χ1v) is 10.6. The van der Waals surface area contributed by atoms with Crippen molar-refractivity contribution in [1.29, 1.82) is 0 Å². The van der Waals surface area contributed by atoms with Crippen LogP contribution in [0.1, 0.15) is 31.5 Å². The SMILES string of the molecule is CC(Oc1ccccc1F)C(=O)N1CCC(c2nc(-c3nccs3)cc(=O)[nH]2)CC1. The number of hydrogen-bond acceptors (Lipinski definition) is 6. The lowest BCUT2D eigenvalue weighted by Gasteiger charge is -2.33. The summed E-state index contributed by atoms with van der Waals surface area (Å²) in [6.45, 7) is 2.65. The van der Waals surface area contributed by atoms with Gasteiger partial charge in [-0.05, 0) is 31.9 Å². The number of thiazole rings is 1. The van der Waals surface area contributed by atoms with Crippen molar-refractivity contribution < 1.29 is 13.9 Å². The van der Waals surface area contributed by atoms with E-state index in [1.54, 1.807) is 30.2 Å². The van der Waals surface area contributed by atoms with Gasteiger partial charge < -0.3 is 14.6 Å². The molecular formula is C21H21FN4O3S. The molecule has 0 saturated carbocycles. The van der Waals surface area contributed by atoms with Gasteiger partial charge in [0.2, 0.25) is 0 Å². The second-order valence-corrected chi connectivity index (χ2v) is 8.04. The van der Waals surface area contributed by atoms with E-state index in [4.69, 9.17) is 4.74 Å². The molecule has 1 saturated heterocycles. The van der Waals surface area contributed by atoms with Gasteiger partial charge in [0.05, 0.1) is 0 Å². The van der Waals surface area contributed by atoms with Gasteiger partial charge in [-0.15, -0.1) is 11.3 Å². The van der Waals surface area contributed by atoms with Crippen molar-refractivity contribution in [2.24, 2.45) is 0 Å². The molecule has 4 rings (SSSR count). The van der Waals surface area contributed by atoms with Gasteiger partial charge in [-0.25, -0.2) is 14.4 Å². The van der Waals surface area contributed by atoms with Gasteiger partial charge >= 0.3 is 0 Å². The van der Waals surface area contributed by atoms with Crippen molar-refractivity contribution in [3.8, 4) is 16.5 Å². The predicted octanol–water partition coefficient (Wildman–Crippen LogP) is 3.21. The zero-order valence-corrected chi connectivity index (χ0v) is 17.2. The molecule has 3 heterocycles. The zero-order valence-electron chi connectivity index (χ0n) is 16.4. The first-order chi connectivity index (χ1) is 14.5. The number of nitrogens with zero attached hydrogens (tertiary/aromatic N) is 3. The highest BCUT2D eigenvalue weighted by atomic mass is 32.1. The van der Waals surface area contributed by atoms with Crippen LogP contribution in [0.15, 0.2) is 46.7 Å². The smallest absolute Gasteiger partial charge is 0.263 e. The first kappa shape index (κ1) is 20.2. The maximum absolute atomic E-state index is 13.8. The van der Waals surface area contributed by atoms with E-state index >= 15 is 0 Å². The number of carbonyl (C=O) groups excluding carboxylic acids is 1. The number of hydrogen-bond donors (Lipinski definition) is 1. The molecule has 2 aromatic heterocycles. The number of aromatic nitrogens is 3. The van der Waals surface area contributed by atoms with E-state index in [1.807, 2.05) is 5.38 Å². The van der Waals surface area contributed by atoms with E-state index in [9.17, 15) is 14.0 Å². The maximum atomic E-state index is 13.8. The number of H-pyrrole nitrogens is 1. The molecule has 0 spiro atoms. The molecule has 1 aliphatic rings. The van der Waals surface area contributed by atoms with Crippen LogP contribution in [0.4, 0.5) is 4.39 Å². The van der Waals surface area contributed by atoms with Gasteiger partial charge in [-0.2, -0.15) is 0 Å². The number of likely N-dealkylation sites (tertiary alicyclic amines) is 1. The molecule has 0 bridgehead atoms. The maximum Gasteiger partial charge on any atom is 0.263 e. The minimum absolute atomic E-state index is 0.0458. The van der Waals surface area contributed by atoms with Crippen molar-refractivity contribution in [2.45, 2.75) is 31.8 Å². The van der Waals surface area contributed by atoms with Crippen molar-refractivity contribution in [3.63, 3.8) is 0 Å². The number of ether oxygens (including phenoxy) is 1. The Kier molecular flexibility index (Phi) is 5.89. The largest absolute Gasteiger partial charge is 0.478 e. The molecule has 1 N–H and O–H groups in total. The van der Waals surface area contributed by atoms with Gasteiger partial charge in [-0.1, -0.05) is 12.1 Å². The highest BCUT2D eigenvalue weighted by molar-refractivity contribution is 7.13. The molecule has 1 amide bonds. The van der Waals surface area contributed by atoms with Crippen LogP contribution in [0.25, 0.3) is 10.7 Å². The van der Waals surface area contributed by atoms with E-state index in [0.717, 1.165) is 0 Å². The average Bonchev–Trinajstić information content (AvgIpc) is 3.29. The summed E-state index contributed by atoms with van der Waals surface area (Å²) in [5, 5.41) is 2.54. The Morgan fingerprint density at radius 1 is 1.33 bits per heavy atom. The molecule has 1 aromatic carbocycles. The minimum Gasteiger partial charge on any atom is -0.478 e. The van der Waals surface area contributed by atoms with Crippen LogP contribution in [-0.4, -0.2) is 45.0 Å². The summed E-state index contributed by atoms with van der Waals surface area (Å²) in [4.78, 5) is 38.2. The minimum atomic E-state index is -0.787. The molecule has 1 aliphatic heterocycles. The number of halogens is 1. The van der Waals surface area contributed by atoms with Crippen LogP contribution in [0.5, 0.6) is 5.75 Å². The van der Waals surface area contributed by atoms with Gasteiger partial charge in [0.25, 0.3) is 11.5 Å². The van der Waals surface area contributed by atoms with Gasteiger partial charge in [0.1, 0.15) is 16.5 Å². The fourth-order valence-electron chi connectivity index (χ4n) is 3.54. The van der Waals surface area contributed by atoms with E-state index in [1.165, 1.54) is 29.5 Å². The molecule has 1 fully saturated rings. The molecule has 7 nitrogen and oxygen atoms in total. The van der Waals surface area contributed by atoms with Crippen molar-refractivity contribution in [3.05, 3.63) is 63.9 Å². The monoisotopic (exact) mass is 428 g/mol. The number of rotatable bonds is 5. The van der Waals surface area contributed by atoms with E-state index in [2.05, 4.69) is 15.0 Å². The summed E-state index contributed by atoms with van der Waals surface area (Å²) < 4.78 is 19.3. The number of piperidine rings is 1. The molecule has 0 aliphatic carbocycles. The molecule has 156 valence electrons. The molecule has 9 heteroatoms. The fraction of sp³-hybridized carbons (Fsp3) is 0.333. The van der Waals surface area contributed by atoms with Crippen LogP contribution in [0.3, 0.4) is 0 Å². The Balaban J connectivity index is 1.40. The third-order valence-corrected chi connectivity index (χ3v) is 5.89. The van der Waals surface area contributed by atoms with E-state index in [-0.39, 0.29) is 23.1 Å². The summed E-state index contributed by atoms with van der Waals surface area (Å²) in [5.41, 5.74) is 0.352. The number of para-hydroxylation sites is 1. The summed E-state index contributed by atoms with van der Waals surface area (Å²) in [6, 6.07) is 7.48. The lowest BCUT2D eigenvalue weighted by atomic mass is 9.95. The fourth-order valence-corrected chi connectivity index (χ4v) is 4.14. The van der Waals surface area contributed by atoms with Crippen LogP contribution >= 0.6 is 11.3 Å². The van der Waals surface area contributed by atoms with E-state index < -0.39 is 11.9 Å². The van der Waals surface area contributed by atoms with Crippen LogP contribution < -0.4 is 10.3 Å². The predicted molar refractivity (Wildman–Crippen MR) is 111 cm³/mol. The molecule has 1 unspecified atom stereocenters. The summed E-state index contributed by atoms with van der Waals surface area (Å²) in [6.07, 6.45) is 2.23. The van der Waals surface area contributed by atoms with E-state index in [0.29, 0.717) is 42.5 Å². The molecule has 1 atom stereocenters. The number of benzene rings is 1. The second kappa shape index (κ2) is 8.74. The molecule has 30 heavy (non-hydrogen) atoms. The standard InChI is InChI=1S/C21H21FN4O3S/c1-13(29-17-5-3-2-4-15(17)22)21(28)26-9-6-14(7-10-26)19-24-16(12-18(27)25-19)20-23-8-11-30-20/h2-5,8,11-14H,6-7,9-10H2,1H3,(H,24,25,27). The van der Waals surface area contributed by atoms with Crippen molar-refractivity contribution in [2.75, 3.05) is 13.1 Å². The number of carbonyl (C=O) groups is 1. The summed E-state index contributed by atoms with van der Waals surface area (Å²) in [5.74, 6) is 0.0506. The molecule has 0 radical (unpaired) electrons. The number of nitrogens with one attached hydrogen (secondary N) is 1. The topological polar surface area (TPSA) is 88.2 Å². The van der Waals surface area contributed by atoms with Crippen LogP contribution in [0, 0.1) is 5.82 Å². The zero-order chi connectivity index (χ0) is 21.1. The molecular weight excluding hydrogens is 407 g/mol. The average molecular weight is 428 g/mol. The quantitative estimate of drug-likeness (QED) is 0.674. The van der Waals surface area contributed by atoms with Crippen LogP contribution in [0.2, 0.25) is 0 Å². The van der Waals surface area contributed by atoms with Gasteiger partial charge in [0.15, 0.2) is 17.7 Å². The summed E-state index contributed by atoms with van der Waals surface area (Å²) >= 11 is 1.43. The Morgan fingerprint density at radius 2 is 2.10 bits per heavy atom. The first-order valence-electron chi connectivity index (χ1n) is 9.72. The Hall–Kier alpha value is -3.07. The third kappa shape index (κ3) is 4.40. The van der Waals surface area contributed by atoms with Crippen molar-refractivity contribution in [1.82, 2.24) is 19.9 Å². The summed E-state index contributed by atoms with van der Waals surface area (Å²) in [7, 11) is 0. The lowest BCUT2D eigenvalue weighted by molar-refractivity contribution is -0.139. The lowest BCUT2D eigenvalue weighted by Crippen LogP contribution is -2.44. The highest BCUT2D eigenvalue weighted by Crippen LogP contribution is 2.28. The Morgan fingerprint density at radius 3 is 2.80 bits per heavy atom. The van der Waals surface area contributed by atoms with Gasteiger partial charge in [-0.3, -0.25) is 9.59 Å². The highest BCUT2D eigenvalue weighted by Gasteiger charge is 2.29. The second-order valence-electron chi connectivity index (χ2n) is 7.14. The van der Waals surface area contributed by atoms with Crippen LogP contribution in [-0.2, 0) is 4.79 Å².